The molecule has 4 nitrogen and oxygen atoms in total. The smallest absolute Gasteiger partial charge is 0.185 e. The zero-order valence-corrected chi connectivity index (χ0v) is 9.30. The molecule has 0 spiro atoms. The maximum atomic E-state index is 8.97. The molecule has 0 saturated heterocycles. The van der Waals surface area contributed by atoms with E-state index in [1.807, 2.05) is 6.07 Å². The average Bonchev–Trinajstić information content (AvgIpc) is 2.29. The van der Waals surface area contributed by atoms with Crippen molar-refractivity contribution >= 4 is 23.1 Å². The predicted octanol–water partition coefficient (Wildman–Crippen LogP) is 2.71. The van der Waals surface area contributed by atoms with Crippen molar-refractivity contribution in [3.05, 3.63) is 34.5 Å². The molecule has 0 radical (unpaired) electrons. The molecule has 5 heteroatoms. The monoisotopic (exact) mass is 232 g/mol. The topological polar surface area (TPSA) is 58.0 Å². The van der Waals surface area contributed by atoms with E-state index < -0.39 is 0 Å². The molecule has 0 bridgehead atoms. The molecule has 80 valence electrons. The fourth-order valence-corrected chi connectivity index (χ4v) is 1.68. The van der Waals surface area contributed by atoms with Gasteiger partial charge < -0.3 is 9.87 Å². The Bertz CT molecular complexity index is 628. The standard InChI is InChI=1S/C11H8N2O2S/c1-14-15-10-5-9-8(4-7(10)6-12)11(16)2-3-13-9/h2-5H,1H3,(H,13,16). The highest BCUT2D eigenvalue weighted by molar-refractivity contribution is 7.71. The summed E-state index contributed by atoms with van der Waals surface area (Å²) in [5, 5.41) is 9.78. The van der Waals surface area contributed by atoms with Crippen LogP contribution in [-0.2, 0) is 4.89 Å². The van der Waals surface area contributed by atoms with Gasteiger partial charge in [-0.1, -0.05) is 12.2 Å². The summed E-state index contributed by atoms with van der Waals surface area (Å²) < 4.78 is 0.689. The van der Waals surface area contributed by atoms with Crippen molar-refractivity contribution in [1.82, 2.24) is 4.98 Å². The lowest BCUT2D eigenvalue weighted by atomic mass is 10.1. The summed E-state index contributed by atoms with van der Waals surface area (Å²) in [6, 6.07) is 7.18. The van der Waals surface area contributed by atoms with E-state index >= 15 is 0 Å². The average molecular weight is 232 g/mol. The molecule has 1 heterocycles. The van der Waals surface area contributed by atoms with E-state index in [1.54, 1.807) is 24.4 Å². The summed E-state index contributed by atoms with van der Waals surface area (Å²) in [4.78, 5) is 12.5. The van der Waals surface area contributed by atoms with Gasteiger partial charge in [-0.15, -0.1) is 0 Å². The number of aromatic nitrogens is 1. The first-order valence-corrected chi connectivity index (χ1v) is 4.93. The lowest BCUT2D eigenvalue weighted by Crippen LogP contribution is -1.94. The quantitative estimate of drug-likeness (QED) is 0.491. The van der Waals surface area contributed by atoms with Gasteiger partial charge in [-0.05, 0) is 12.1 Å². The second-order valence-electron chi connectivity index (χ2n) is 3.10. The predicted molar refractivity (Wildman–Crippen MR) is 61.5 cm³/mol. The minimum atomic E-state index is 0.370. The Morgan fingerprint density at radius 1 is 1.44 bits per heavy atom. The molecule has 2 rings (SSSR count). The number of pyridine rings is 1. The summed E-state index contributed by atoms with van der Waals surface area (Å²) >= 11 is 5.17. The number of hydrogen-bond donors (Lipinski definition) is 1. The van der Waals surface area contributed by atoms with Crippen molar-refractivity contribution in [2.75, 3.05) is 7.11 Å². The van der Waals surface area contributed by atoms with Crippen LogP contribution in [0, 0.1) is 15.8 Å². The van der Waals surface area contributed by atoms with Gasteiger partial charge in [0, 0.05) is 22.2 Å². The molecule has 1 aromatic carbocycles. The van der Waals surface area contributed by atoms with Crippen molar-refractivity contribution in [3.8, 4) is 11.8 Å². The molecule has 2 aromatic rings. The molecule has 16 heavy (non-hydrogen) atoms. The highest BCUT2D eigenvalue weighted by Gasteiger charge is 2.07. The Hall–Kier alpha value is -1.90. The Balaban J connectivity index is 2.76. The van der Waals surface area contributed by atoms with Gasteiger partial charge in [0.25, 0.3) is 0 Å². The molecule has 0 amide bonds. The van der Waals surface area contributed by atoms with Gasteiger partial charge >= 0.3 is 0 Å². The number of nitrogens with one attached hydrogen (secondary N) is 1. The van der Waals surface area contributed by atoms with Crippen LogP contribution >= 0.6 is 12.2 Å². The van der Waals surface area contributed by atoms with Crippen LogP contribution < -0.4 is 4.89 Å². The van der Waals surface area contributed by atoms with Crippen molar-refractivity contribution in [1.29, 1.82) is 5.26 Å². The molecule has 0 aliphatic carbocycles. The minimum absolute atomic E-state index is 0.370. The molecule has 0 saturated carbocycles. The van der Waals surface area contributed by atoms with Gasteiger partial charge in [0.05, 0.1) is 18.2 Å². The van der Waals surface area contributed by atoms with E-state index in [-0.39, 0.29) is 0 Å². The number of nitrogens with zero attached hydrogens (tertiary/aromatic N) is 1. The molecular formula is C11H8N2O2S. The summed E-state index contributed by atoms with van der Waals surface area (Å²) in [7, 11) is 1.39. The number of aromatic amines is 1. The van der Waals surface area contributed by atoms with Crippen LogP contribution in [0.3, 0.4) is 0 Å². The maximum Gasteiger partial charge on any atom is 0.185 e. The zero-order chi connectivity index (χ0) is 11.5. The second-order valence-corrected chi connectivity index (χ2v) is 3.54. The molecular weight excluding hydrogens is 224 g/mol. The normalized spacial score (nSPS) is 10.0. The SMILES string of the molecule is COOc1cc2[nH]ccc(=S)c2cc1C#N. The van der Waals surface area contributed by atoms with Crippen LogP contribution in [0.4, 0.5) is 0 Å². The fraction of sp³-hybridized carbons (Fsp3) is 0.0909. The molecule has 0 aliphatic rings. The van der Waals surface area contributed by atoms with E-state index in [2.05, 4.69) is 9.87 Å². The molecule has 1 aromatic heterocycles. The first-order valence-electron chi connectivity index (χ1n) is 4.52. The van der Waals surface area contributed by atoms with Crippen LogP contribution in [0.25, 0.3) is 10.9 Å². The Labute approximate surface area is 97.0 Å². The first kappa shape index (κ1) is 10.6. The van der Waals surface area contributed by atoms with E-state index in [9.17, 15) is 0 Å². The summed E-state index contributed by atoms with van der Waals surface area (Å²) in [6.45, 7) is 0. The Kier molecular flexibility index (Phi) is 2.86. The first-order chi connectivity index (χ1) is 7.76. The van der Waals surface area contributed by atoms with Gasteiger partial charge in [-0.25, -0.2) is 0 Å². The van der Waals surface area contributed by atoms with E-state index in [1.165, 1.54) is 7.11 Å². The lowest BCUT2D eigenvalue weighted by Gasteiger charge is -2.05. The highest BCUT2D eigenvalue weighted by atomic mass is 32.1. The molecule has 0 atom stereocenters. The Morgan fingerprint density at radius 2 is 2.25 bits per heavy atom. The van der Waals surface area contributed by atoms with E-state index in [0.717, 1.165) is 10.9 Å². The summed E-state index contributed by atoms with van der Waals surface area (Å²) in [6.07, 6.45) is 1.74. The molecule has 0 unspecified atom stereocenters. The summed E-state index contributed by atoms with van der Waals surface area (Å²) in [5.41, 5.74) is 1.19. The zero-order valence-electron chi connectivity index (χ0n) is 8.48. The number of nitriles is 1. The maximum absolute atomic E-state index is 8.97. The molecule has 0 fully saturated rings. The van der Waals surface area contributed by atoms with Crippen molar-refractivity contribution in [3.63, 3.8) is 0 Å². The highest BCUT2D eigenvalue weighted by Crippen LogP contribution is 2.25. The fourth-order valence-electron chi connectivity index (χ4n) is 1.45. The van der Waals surface area contributed by atoms with Crippen molar-refractivity contribution in [2.45, 2.75) is 0 Å². The van der Waals surface area contributed by atoms with Gasteiger partial charge in [-0.3, -0.25) is 0 Å². The summed E-state index contributed by atoms with van der Waals surface area (Å²) in [5.74, 6) is 0.370. The second kappa shape index (κ2) is 4.31. The minimum Gasteiger partial charge on any atom is -0.361 e. The Morgan fingerprint density at radius 3 is 2.94 bits per heavy atom. The molecule has 1 N–H and O–H groups in total. The van der Waals surface area contributed by atoms with Crippen LogP contribution in [0.5, 0.6) is 5.75 Å². The number of hydrogen-bond acceptors (Lipinski definition) is 4. The van der Waals surface area contributed by atoms with Crippen molar-refractivity contribution in [2.24, 2.45) is 0 Å². The van der Waals surface area contributed by atoms with Gasteiger partial charge in [0.15, 0.2) is 5.75 Å². The number of benzene rings is 1. The largest absolute Gasteiger partial charge is 0.361 e. The van der Waals surface area contributed by atoms with Crippen LogP contribution in [-0.4, -0.2) is 12.1 Å². The number of H-pyrrole nitrogens is 1. The van der Waals surface area contributed by atoms with E-state index in [0.29, 0.717) is 15.8 Å². The van der Waals surface area contributed by atoms with Gasteiger partial charge in [-0.2, -0.15) is 10.1 Å². The number of fused-ring (bicyclic) bond motifs is 1. The third-order valence-corrected chi connectivity index (χ3v) is 2.51. The van der Waals surface area contributed by atoms with Crippen LogP contribution in [0.2, 0.25) is 0 Å². The third-order valence-electron chi connectivity index (χ3n) is 2.15. The van der Waals surface area contributed by atoms with Crippen LogP contribution in [0.1, 0.15) is 5.56 Å². The van der Waals surface area contributed by atoms with E-state index in [4.69, 9.17) is 22.4 Å². The van der Waals surface area contributed by atoms with Gasteiger partial charge in [0.1, 0.15) is 6.07 Å². The number of rotatable bonds is 2. The van der Waals surface area contributed by atoms with Crippen LogP contribution in [0.15, 0.2) is 24.4 Å². The third kappa shape index (κ3) is 1.76. The molecule has 0 aliphatic heterocycles. The lowest BCUT2D eigenvalue weighted by molar-refractivity contribution is -0.178. The van der Waals surface area contributed by atoms with Gasteiger partial charge in [0.2, 0.25) is 0 Å². The van der Waals surface area contributed by atoms with Crippen molar-refractivity contribution < 1.29 is 9.78 Å².